The summed E-state index contributed by atoms with van der Waals surface area (Å²) in [5.74, 6) is -0.176. The molecule has 0 saturated carbocycles. The molecule has 0 fully saturated rings. The number of halogens is 4. The van der Waals surface area contributed by atoms with E-state index in [0.717, 1.165) is 17.7 Å². The van der Waals surface area contributed by atoms with E-state index in [2.05, 4.69) is 0 Å². The third kappa shape index (κ3) is 4.99. The van der Waals surface area contributed by atoms with Crippen molar-refractivity contribution in [2.24, 2.45) is 0 Å². The molecule has 2 rings (SSSR count). The van der Waals surface area contributed by atoms with Gasteiger partial charge in [-0.1, -0.05) is 35.9 Å². The van der Waals surface area contributed by atoms with Gasteiger partial charge >= 0.3 is 6.18 Å². The predicted octanol–water partition coefficient (Wildman–Crippen LogP) is 4.56. The lowest BCUT2D eigenvalue weighted by Crippen LogP contribution is -2.27. The van der Waals surface area contributed by atoms with E-state index in [4.69, 9.17) is 11.6 Å². The molecule has 0 aliphatic heterocycles. The number of rotatable bonds is 4. The van der Waals surface area contributed by atoms with Gasteiger partial charge in [0.15, 0.2) is 0 Å². The fourth-order valence-electron chi connectivity index (χ4n) is 2.12. The van der Waals surface area contributed by atoms with Crippen LogP contribution in [0.3, 0.4) is 0 Å². The second kappa shape index (κ2) is 7.04. The summed E-state index contributed by atoms with van der Waals surface area (Å²) in [7, 11) is 1.65. The minimum Gasteiger partial charge on any atom is -0.341 e. The molecule has 0 N–H and O–H groups in total. The Balaban J connectivity index is 1.98. The number of amides is 1. The number of carbonyl (C=O) groups excluding carboxylic acids is 1. The molecular weight excluding hydrogens is 327 g/mol. The van der Waals surface area contributed by atoms with Gasteiger partial charge in [-0.05, 0) is 35.4 Å². The molecule has 0 bridgehead atoms. The standard InChI is InChI=1S/C17H15ClF3NO/c1-22(11-13-3-2-4-15(18)9-13)16(23)10-12-5-7-14(8-6-12)17(19,20)21/h2-9H,10-11H2,1H3. The van der Waals surface area contributed by atoms with Crippen LogP contribution in [0.1, 0.15) is 16.7 Å². The maximum atomic E-state index is 12.5. The summed E-state index contributed by atoms with van der Waals surface area (Å²) in [5, 5.41) is 0.589. The lowest BCUT2D eigenvalue weighted by molar-refractivity contribution is -0.137. The Hall–Kier alpha value is -2.01. The summed E-state index contributed by atoms with van der Waals surface area (Å²) in [5.41, 5.74) is 0.711. The Morgan fingerprint density at radius 1 is 1.09 bits per heavy atom. The molecule has 122 valence electrons. The summed E-state index contributed by atoms with van der Waals surface area (Å²) >= 11 is 5.89. The zero-order chi connectivity index (χ0) is 17.0. The highest BCUT2D eigenvalue weighted by Gasteiger charge is 2.30. The van der Waals surface area contributed by atoms with Crippen molar-refractivity contribution in [3.8, 4) is 0 Å². The summed E-state index contributed by atoms with van der Waals surface area (Å²) in [6.45, 7) is 0.389. The minimum absolute atomic E-state index is 0.0508. The Labute approximate surface area is 137 Å². The summed E-state index contributed by atoms with van der Waals surface area (Å²) in [4.78, 5) is 13.7. The van der Waals surface area contributed by atoms with Crippen LogP contribution in [0.2, 0.25) is 5.02 Å². The van der Waals surface area contributed by atoms with Crippen molar-refractivity contribution in [1.82, 2.24) is 4.90 Å². The first kappa shape index (κ1) is 17.3. The normalized spacial score (nSPS) is 11.3. The van der Waals surface area contributed by atoms with E-state index < -0.39 is 11.7 Å². The molecule has 2 nitrogen and oxygen atoms in total. The molecule has 0 unspecified atom stereocenters. The Kier molecular flexibility index (Phi) is 5.31. The highest BCUT2D eigenvalue weighted by molar-refractivity contribution is 6.30. The number of hydrogen-bond acceptors (Lipinski definition) is 1. The van der Waals surface area contributed by atoms with E-state index >= 15 is 0 Å². The van der Waals surface area contributed by atoms with E-state index in [1.807, 2.05) is 6.07 Å². The topological polar surface area (TPSA) is 20.3 Å². The number of nitrogens with zero attached hydrogens (tertiary/aromatic N) is 1. The van der Waals surface area contributed by atoms with Gasteiger partial charge in [-0.3, -0.25) is 4.79 Å². The van der Waals surface area contributed by atoms with Crippen LogP contribution in [0.15, 0.2) is 48.5 Å². The predicted molar refractivity (Wildman–Crippen MR) is 83.1 cm³/mol. The molecule has 0 saturated heterocycles. The van der Waals surface area contributed by atoms with Gasteiger partial charge in [-0.25, -0.2) is 0 Å². The quantitative estimate of drug-likeness (QED) is 0.798. The van der Waals surface area contributed by atoms with Crippen LogP contribution in [-0.4, -0.2) is 17.9 Å². The smallest absolute Gasteiger partial charge is 0.341 e. The molecule has 0 atom stereocenters. The molecule has 0 aliphatic carbocycles. The highest BCUT2D eigenvalue weighted by atomic mass is 35.5. The second-order valence-corrected chi connectivity index (χ2v) is 5.69. The van der Waals surface area contributed by atoms with Gasteiger partial charge in [-0.15, -0.1) is 0 Å². The Morgan fingerprint density at radius 3 is 2.30 bits per heavy atom. The van der Waals surface area contributed by atoms with Crippen molar-refractivity contribution in [3.05, 3.63) is 70.2 Å². The van der Waals surface area contributed by atoms with Crippen LogP contribution in [0.4, 0.5) is 13.2 Å². The van der Waals surface area contributed by atoms with Crippen molar-refractivity contribution < 1.29 is 18.0 Å². The fraction of sp³-hybridized carbons (Fsp3) is 0.235. The first-order valence-corrected chi connectivity index (χ1v) is 7.28. The molecular formula is C17H15ClF3NO. The molecule has 0 aromatic heterocycles. The second-order valence-electron chi connectivity index (χ2n) is 5.25. The van der Waals surface area contributed by atoms with Gasteiger partial charge in [0, 0.05) is 18.6 Å². The van der Waals surface area contributed by atoms with Crippen LogP contribution < -0.4 is 0 Å². The van der Waals surface area contributed by atoms with E-state index in [0.29, 0.717) is 17.1 Å². The Morgan fingerprint density at radius 2 is 1.74 bits per heavy atom. The maximum Gasteiger partial charge on any atom is 0.416 e. The minimum atomic E-state index is -4.37. The van der Waals surface area contributed by atoms with Crippen LogP contribution in [0, 0.1) is 0 Å². The van der Waals surface area contributed by atoms with Gasteiger partial charge in [0.25, 0.3) is 0 Å². The van der Waals surface area contributed by atoms with E-state index in [-0.39, 0.29) is 12.3 Å². The SMILES string of the molecule is CN(Cc1cccc(Cl)c1)C(=O)Cc1ccc(C(F)(F)F)cc1. The molecule has 0 heterocycles. The largest absolute Gasteiger partial charge is 0.416 e. The van der Waals surface area contributed by atoms with Gasteiger partial charge in [0.2, 0.25) is 5.91 Å². The lowest BCUT2D eigenvalue weighted by atomic mass is 10.1. The first-order chi connectivity index (χ1) is 10.8. The molecule has 23 heavy (non-hydrogen) atoms. The van der Waals surface area contributed by atoms with Crippen molar-refractivity contribution in [1.29, 1.82) is 0 Å². The molecule has 0 radical (unpaired) electrons. The van der Waals surface area contributed by atoms with Crippen LogP contribution in [-0.2, 0) is 23.9 Å². The molecule has 0 aliphatic rings. The molecule has 0 spiro atoms. The van der Waals surface area contributed by atoms with E-state index in [1.165, 1.54) is 17.0 Å². The summed E-state index contributed by atoms with van der Waals surface area (Å²) < 4.78 is 37.5. The van der Waals surface area contributed by atoms with E-state index in [9.17, 15) is 18.0 Å². The maximum absolute atomic E-state index is 12.5. The van der Waals surface area contributed by atoms with Gasteiger partial charge < -0.3 is 4.90 Å². The third-order valence-electron chi connectivity index (χ3n) is 3.37. The zero-order valence-corrected chi connectivity index (χ0v) is 13.2. The molecule has 2 aromatic rings. The van der Waals surface area contributed by atoms with Gasteiger partial charge in [-0.2, -0.15) is 13.2 Å². The summed E-state index contributed by atoms with van der Waals surface area (Å²) in [6.07, 6.45) is -4.32. The molecule has 6 heteroatoms. The van der Waals surface area contributed by atoms with E-state index in [1.54, 1.807) is 25.2 Å². The van der Waals surface area contributed by atoms with Crippen LogP contribution in [0.5, 0.6) is 0 Å². The Bertz CT molecular complexity index is 683. The molecule has 2 aromatic carbocycles. The summed E-state index contributed by atoms with van der Waals surface area (Å²) in [6, 6.07) is 11.8. The van der Waals surface area contributed by atoms with Crippen LogP contribution in [0.25, 0.3) is 0 Å². The number of likely N-dealkylation sites (N-methyl/N-ethyl adjacent to an activating group) is 1. The average molecular weight is 342 g/mol. The van der Waals surface area contributed by atoms with Crippen molar-refractivity contribution in [2.75, 3.05) is 7.05 Å². The fourth-order valence-corrected chi connectivity index (χ4v) is 2.33. The van der Waals surface area contributed by atoms with Gasteiger partial charge in [0.05, 0.1) is 12.0 Å². The first-order valence-electron chi connectivity index (χ1n) is 6.90. The van der Waals surface area contributed by atoms with Crippen molar-refractivity contribution >= 4 is 17.5 Å². The number of hydrogen-bond donors (Lipinski definition) is 0. The zero-order valence-electron chi connectivity index (χ0n) is 12.4. The van der Waals surface area contributed by atoms with Crippen molar-refractivity contribution in [3.63, 3.8) is 0 Å². The lowest BCUT2D eigenvalue weighted by Gasteiger charge is -2.17. The number of alkyl halides is 3. The third-order valence-corrected chi connectivity index (χ3v) is 3.61. The van der Waals surface area contributed by atoms with Gasteiger partial charge in [0.1, 0.15) is 0 Å². The monoisotopic (exact) mass is 341 g/mol. The molecule has 1 amide bonds. The number of benzene rings is 2. The van der Waals surface area contributed by atoms with Crippen LogP contribution >= 0.6 is 11.6 Å². The van der Waals surface area contributed by atoms with Crippen molar-refractivity contribution in [2.45, 2.75) is 19.1 Å². The highest BCUT2D eigenvalue weighted by Crippen LogP contribution is 2.29. The average Bonchev–Trinajstić information content (AvgIpc) is 2.46. The number of carbonyl (C=O) groups is 1.